The Hall–Kier alpha value is -2.15. The molecule has 3 N–H and O–H groups in total. The zero-order valence-corrected chi connectivity index (χ0v) is 8.99. The van der Waals surface area contributed by atoms with Crippen molar-refractivity contribution in [2.24, 2.45) is 0 Å². The van der Waals surface area contributed by atoms with E-state index in [-0.39, 0.29) is 5.69 Å². The number of urea groups is 1. The van der Waals surface area contributed by atoms with Gasteiger partial charge < -0.3 is 10.4 Å². The molecule has 0 aliphatic rings. The van der Waals surface area contributed by atoms with Crippen molar-refractivity contribution in [3.8, 4) is 0 Å². The second-order valence-electron chi connectivity index (χ2n) is 3.20. The average Bonchev–Trinajstić information content (AvgIpc) is 2.23. The van der Waals surface area contributed by atoms with Gasteiger partial charge in [0.25, 0.3) is 0 Å². The second-order valence-corrected chi connectivity index (χ2v) is 3.20. The molecule has 1 aromatic carbocycles. The van der Waals surface area contributed by atoms with Crippen LogP contribution in [0.15, 0.2) is 18.2 Å². The van der Waals surface area contributed by atoms with E-state index in [2.05, 4.69) is 10.2 Å². The van der Waals surface area contributed by atoms with Crippen molar-refractivity contribution >= 4 is 17.7 Å². The molecule has 17 heavy (non-hydrogen) atoms. The maximum atomic E-state index is 12.9. The van der Waals surface area contributed by atoms with Crippen LogP contribution in [0.3, 0.4) is 0 Å². The Morgan fingerprint density at radius 1 is 1.47 bits per heavy atom. The number of anilines is 1. The van der Waals surface area contributed by atoms with Crippen LogP contribution in [0, 0.1) is 12.7 Å². The molecule has 0 fully saturated rings. The molecule has 1 aromatic rings. The molecule has 0 unspecified atom stereocenters. The van der Waals surface area contributed by atoms with Gasteiger partial charge in [0.05, 0.1) is 0 Å². The van der Waals surface area contributed by atoms with E-state index in [1.54, 1.807) is 6.92 Å². The predicted octanol–water partition coefficient (Wildman–Crippen LogP) is 1.27. The Labute approximate surface area is 96.3 Å². The number of aliphatic carboxylic acids is 1. The minimum atomic E-state index is -1.22. The van der Waals surface area contributed by atoms with Crippen LogP contribution >= 0.6 is 0 Å². The monoisotopic (exact) mass is 242 g/mol. The van der Waals surface area contributed by atoms with Gasteiger partial charge >= 0.3 is 12.0 Å². The molecule has 0 aliphatic heterocycles. The Balaban J connectivity index is 2.50. The lowest BCUT2D eigenvalue weighted by Crippen LogP contribution is -2.31. The molecule has 0 spiro atoms. The number of hydrogen-bond acceptors (Lipinski definition) is 3. The van der Waals surface area contributed by atoms with Crippen LogP contribution in [0.5, 0.6) is 0 Å². The maximum absolute atomic E-state index is 12.9. The second kappa shape index (κ2) is 5.80. The van der Waals surface area contributed by atoms with Gasteiger partial charge in [0.1, 0.15) is 5.82 Å². The van der Waals surface area contributed by atoms with Gasteiger partial charge in [-0.25, -0.2) is 19.5 Å². The number of carbonyl (C=O) groups is 2. The molecule has 0 aromatic heterocycles. The Bertz CT molecular complexity index is 436. The molecule has 92 valence electrons. The molecular weight excluding hydrogens is 231 g/mol. The number of nitrogens with one attached hydrogen (secondary N) is 2. The van der Waals surface area contributed by atoms with Gasteiger partial charge in [-0.3, -0.25) is 4.84 Å². The fraction of sp³-hybridized carbons (Fsp3) is 0.200. The van der Waals surface area contributed by atoms with Crippen molar-refractivity contribution in [1.29, 1.82) is 0 Å². The summed E-state index contributed by atoms with van der Waals surface area (Å²) >= 11 is 0. The van der Waals surface area contributed by atoms with E-state index in [0.29, 0.717) is 5.56 Å². The SMILES string of the molecule is Cc1ccc(F)cc1NC(=O)NOCC(=O)O. The Kier molecular flexibility index (Phi) is 4.41. The highest BCUT2D eigenvalue weighted by Crippen LogP contribution is 2.15. The number of benzene rings is 1. The summed E-state index contributed by atoms with van der Waals surface area (Å²) in [5, 5.41) is 10.6. The van der Waals surface area contributed by atoms with Gasteiger partial charge in [-0.05, 0) is 24.6 Å². The number of amides is 2. The van der Waals surface area contributed by atoms with Gasteiger partial charge in [-0.15, -0.1) is 0 Å². The summed E-state index contributed by atoms with van der Waals surface area (Å²) in [6.45, 7) is 1.03. The zero-order valence-electron chi connectivity index (χ0n) is 8.99. The van der Waals surface area contributed by atoms with Crippen LogP contribution in [-0.2, 0) is 9.63 Å². The van der Waals surface area contributed by atoms with E-state index in [4.69, 9.17) is 5.11 Å². The Morgan fingerprint density at radius 3 is 2.82 bits per heavy atom. The summed E-state index contributed by atoms with van der Waals surface area (Å²) < 4.78 is 12.9. The van der Waals surface area contributed by atoms with E-state index < -0.39 is 24.4 Å². The predicted molar refractivity (Wildman–Crippen MR) is 56.9 cm³/mol. The topological polar surface area (TPSA) is 87.7 Å². The highest BCUT2D eigenvalue weighted by Gasteiger charge is 2.06. The zero-order chi connectivity index (χ0) is 12.8. The normalized spacial score (nSPS) is 9.76. The summed E-state index contributed by atoms with van der Waals surface area (Å²) in [4.78, 5) is 25.6. The van der Waals surface area contributed by atoms with Crippen LogP contribution in [0.1, 0.15) is 5.56 Å². The lowest BCUT2D eigenvalue weighted by molar-refractivity contribution is -0.143. The lowest BCUT2D eigenvalue weighted by atomic mass is 10.2. The molecule has 1 rings (SSSR count). The molecule has 0 radical (unpaired) electrons. The highest BCUT2D eigenvalue weighted by molar-refractivity contribution is 5.89. The largest absolute Gasteiger partial charge is 0.479 e. The molecule has 0 atom stereocenters. The first-order valence-electron chi connectivity index (χ1n) is 4.66. The molecule has 0 aliphatic carbocycles. The van der Waals surface area contributed by atoms with E-state index in [1.165, 1.54) is 12.1 Å². The number of carbonyl (C=O) groups excluding carboxylic acids is 1. The molecule has 0 saturated heterocycles. The first kappa shape index (κ1) is 12.9. The van der Waals surface area contributed by atoms with Gasteiger partial charge in [-0.2, -0.15) is 0 Å². The van der Waals surface area contributed by atoms with Crippen LogP contribution in [-0.4, -0.2) is 23.7 Å². The van der Waals surface area contributed by atoms with Gasteiger partial charge in [0, 0.05) is 5.69 Å². The number of rotatable bonds is 4. The fourth-order valence-corrected chi connectivity index (χ4v) is 1.04. The van der Waals surface area contributed by atoms with Gasteiger partial charge in [0.2, 0.25) is 0 Å². The third kappa shape index (κ3) is 4.47. The smallest absolute Gasteiger partial charge is 0.343 e. The van der Waals surface area contributed by atoms with Crippen LogP contribution < -0.4 is 10.8 Å². The third-order valence-corrected chi connectivity index (χ3v) is 1.81. The van der Waals surface area contributed by atoms with Crippen LogP contribution in [0.4, 0.5) is 14.9 Å². The standard InChI is InChI=1S/C10H11FN2O4/c1-6-2-3-7(11)4-8(6)12-10(16)13-17-5-9(14)15/h2-4H,5H2,1H3,(H,14,15)(H2,12,13,16). The van der Waals surface area contributed by atoms with Crippen molar-refractivity contribution < 1.29 is 23.9 Å². The average molecular weight is 242 g/mol. The minimum absolute atomic E-state index is 0.279. The molecule has 7 heteroatoms. The van der Waals surface area contributed by atoms with Crippen molar-refractivity contribution in [3.05, 3.63) is 29.6 Å². The molecule has 6 nitrogen and oxygen atoms in total. The Morgan fingerprint density at radius 2 is 2.18 bits per heavy atom. The molecule has 0 saturated carbocycles. The summed E-state index contributed by atoms with van der Waals surface area (Å²) in [7, 11) is 0. The lowest BCUT2D eigenvalue weighted by Gasteiger charge is -2.09. The van der Waals surface area contributed by atoms with E-state index >= 15 is 0 Å². The van der Waals surface area contributed by atoms with Crippen LogP contribution in [0.2, 0.25) is 0 Å². The highest BCUT2D eigenvalue weighted by atomic mass is 19.1. The number of carboxylic acids is 1. The van der Waals surface area contributed by atoms with E-state index in [0.717, 1.165) is 6.07 Å². The summed E-state index contributed by atoms with van der Waals surface area (Å²) in [6, 6.07) is 3.13. The quantitative estimate of drug-likeness (QED) is 0.694. The number of hydroxylamine groups is 1. The summed E-state index contributed by atoms with van der Waals surface area (Å²) in [5.41, 5.74) is 2.80. The van der Waals surface area contributed by atoms with Gasteiger partial charge in [0.15, 0.2) is 6.61 Å². The molecule has 2 amide bonds. The summed E-state index contributed by atoms with van der Waals surface area (Å²) in [5.74, 6) is -1.70. The number of carboxylic acid groups (broad SMARTS) is 1. The first-order chi connectivity index (χ1) is 7.99. The third-order valence-electron chi connectivity index (χ3n) is 1.81. The molecule has 0 bridgehead atoms. The van der Waals surface area contributed by atoms with Crippen molar-refractivity contribution in [2.75, 3.05) is 11.9 Å². The molecule has 0 heterocycles. The summed E-state index contributed by atoms with van der Waals surface area (Å²) in [6.07, 6.45) is 0. The van der Waals surface area contributed by atoms with Gasteiger partial charge in [-0.1, -0.05) is 6.07 Å². The minimum Gasteiger partial charge on any atom is -0.479 e. The maximum Gasteiger partial charge on any atom is 0.343 e. The van der Waals surface area contributed by atoms with Crippen molar-refractivity contribution in [2.45, 2.75) is 6.92 Å². The van der Waals surface area contributed by atoms with E-state index in [1.807, 2.05) is 5.48 Å². The van der Waals surface area contributed by atoms with Crippen molar-refractivity contribution in [3.63, 3.8) is 0 Å². The molecular formula is C10H11FN2O4. The fourth-order valence-electron chi connectivity index (χ4n) is 1.04. The van der Waals surface area contributed by atoms with Crippen molar-refractivity contribution in [1.82, 2.24) is 5.48 Å². The number of hydrogen-bond donors (Lipinski definition) is 3. The number of aryl methyl sites for hydroxylation is 1. The van der Waals surface area contributed by atoms with E-state index in [9.17, 15) is 14.0 Å². The first-order valence-corrected chi connectivity index (χ1v) is 4.66. The van der Waals surface area contributed by atoms with Crippen LogP contribution in [0.25, 0.3) is 0 Å². The number of halogens is 1.